The van der Waals surface area contributed by atoms with Crippen molar-refractivity contribution in [3.8, 4) is 0 Å². The summed E-state index contributed by atoms with van der Waals surface area (Å²) >= 11 is 0. The second-order valence-electron chi connectivity index (χ2n) is 14.3. The number of nitrogens with zero attached hydrogens (tertiary/aromatic N) is 4. The average Bonchev–Trinajstić information content (AvgIpc) is 3.19. The fourth-order valence-corrected chi connectivity index (χ4v) is 7.73. The monoisotopic (exact) mass is 712 g/mol. The molecule has 0 bridgehead atoms. The van der Waals surface area contributed by atoms with E-state index in [-0.39, 0.29) is 10.8 Å². The van der Waals surface area contributed by atoms with E-state index >= 15 is 0 Å². The highest BCUT2D eigenvalue weighted by molar-refractivity contribution is 5.91. The van der Waals surface area contributed by atoms with E-state index in [1.165, 1.54) is 45.0 Å². The van der Waals surface area contributed by atoms with E-state index in [0.717, 1.165) is 28.2 Å². The van der Waals surface area contributed by atoms with Crippen molar-refractivity contribution in [3.05, 3.63) is 185 Å². The van der Waals surface area contributed by atoms with Crippen molar-refractivity contribution in [2.75, 3.05) is 9.80 Å². The molecule has 276 valence electrons. The smallest absolute Gasteiger partial charge is 0.0706 e. The summed E-state index contributed by atoms with van der Waals surface area (Å²) in [4.78, 5) is 13.7. The van der Waals surface area contributed by atoms with Crippen molar-refractivity contribution in [1.29, 1.82) is 0 Å². The minimum absolute atomic E-state index is 0.239. The average molecular weight is 713 g/mol. The Morgan fingerprint density at radius 2 is 1.26 bits per heavy atom. The third-order valence-corrected chi connectivity index (χ3v) is 10.4. The van der Waals surface area contributed by atoms with Crippen LogP contribution in [0.3, 0.4) is 0 Å². The highest BCUT2D eigenvalue weighted by Gasteiger charge is 2.43. The van der Waals surface area contributed by atoms with Crippen LogP contribution in [0.4, 0.5) is 28.4 Å². The van der Waals surface area contributed by atoms with Gasteiger partial charge in [-0.3, -0.25) is 9.98 Å². The van der Waals surface area contributed by atoms with Crippen LogP contribution in [0.2, 0.25) is 0 Å². The van der Waals surface area contributed by atoms with E-state index in [4.69, 9.17) is 4.99 Å². The van der Waals surface area contributed by atoms with Gasteiger partial charge >= 0.3 is 0 Å². The second kappa shape index (κ2) is 16.9. The third kappa shape index (κ3) is 7.26. The molecule has 0 amide bonds. The summed E-state index contributed by atoms with van der Waals surface area (Å²) in [7, 11) is 0. The Hall–Kier alpha value is -5.74. The van der Waals surface area contributed by atoms with Gasteiger partial charge in [0, 0.05) is 28.4 Å². The van der Waals surface area contributed by atoms with Crippen molar-refractivity contribution in [1.82, 2.24) is 0 Å². The zero-order valence-corrected chi connectivity index (χ0v) is 33.7. The van der Waals surface area contributed by atoms with Crippen LogP contribution in [-0.2, 0) is 17.4 Å². The van der Waals surface area contributed by atoms with Crippen LogP contribution in [0.5, 0.6) is 0 Å². The minimum atomic E-state index is -0.242. The van der Waals surface area contributed by atoms with Crippen LogP contribution in [0.1, 0.15) is 90.1 Å². The maximum atomic E-state index is 4.70. The highest BCUT2D eigenvalue weighted by Crippen LogP contribution is 2.58. The third-order valence-electron chi connectivity index (χ3n) is 10.4. The molecule has 4 aromatic carbocycles. The molecule has 2 heterocycles. The number of rotatable bonds is 10. The van der Waals surface area contributed by atoms with Crippen LogP contribution in [0.15, 0.2) is 167 Å². The lowest BCUT2D eigenvalue weighted by atomic mass is 9.69. The normalized spacial score (nSPS) is 16.1. The molecule has 54 heavy (non-hydrogen) atoms. The second-order valence-corrected chi connectivity index (χ2v) is 14.3. The molecule has 4 aromatic rings. The molecule has 2 aliphatic heterocycles. The molecule has 0 saturated heterocycles. The van der Waals surface area contributed by atoms with Gasteiger partial charge in [-0.05, 0) is 116 Å². The number of anilines is 5. The van der Waals surface area contributed by atoms with Gasteiger partial charge in [0.1, 0.15) is 0 Å². The van der Waals surface area contributed by atoms with E-state index in [1.54, 1.807) is 0 Å². The molecule has 0 saturated carbocycles. The molecule has 0 radical (unpaired) electrons. The van der Waals surface area contributed by atoms with Gasteiger partial charge in [-0.1, -0.05) is 127 Å². The number of aliphatic imine (C=N–C) groups is 2. The summed E-state index contributed by atoms with van der Waals surface area (Å²) < 4.78 is 0. The van der Waals surface area contributed by atoms with Gasteiger partial charge in [-0.2, -0.15) is 0 Å². The Labute approximate surface area is 324 Å². The standard InChI is InChI=1S/C48H50N4.C2H6/c1-10-18-35(13-4)42(49-9)29-30-50-33-34-25-27-37(28-26-34)52-44-24-17-15-22-39(44)48(7,8)41-31-45-40(32-46(41)52)47(5,6)38-21-14-16-23-43(38)51(45)36(19-11-2)20-12-3;1-2/h10-32H,2,9,33H2,1,3-8H3;1-2H3/b18-10-,20-12-,35-13+,36-19+,42-29-,50-30?;. The molecule has 4 heteroatoms. The first-order chi connectivity index (χ1) is 26.1. The van der Waals surface area contributed by atoms with E-state index in [0.29, 0.717) is 6.54 Å². The number of benzene rings is 4. The van der Waals surface area contributed by atoms with Gasteiger partial charge in [0.2, 0.25) is 0 Å². The lowest BCUT2D eigenvalue weighted by molar-refractivity contribution is 0.614. The first-order valence-corrected chi connectivity index (χ1v) is 19.1. The fraction of sp³-hybridized carbons (Fsp3) is 0.240. The van der Waals surface area contributed by atoms with E-state index in [1.807, 2.05) is 64.3 Å². The Kier molecular flexibility index (Phi) is 12.4. The van der Waals surface area contributed by atoms with Crippen LogP contribution < -0.4 is 9.80 Å². The molecule has 0 unspecified atom stereocenters. The highest BCUT2D eigenvalue weighted by atomic mass is 15.2. The van der Waals surface area contributed by atoms with Gasteiger partial charge in [0.05, 0.1) is 35.0 Å². The predicted octanol–water partition coefficient (Wildman–Crippen LogP) is 13.9. The van der Waals surface area contributed by atoms with Gasteiger partial charge in [-0.15, -0.1) is 0 Å². The van der Waals surface area contributed by atoms with Crippen molar-refractivity contribution >= 4 is 41.4 Å². The molecule has 0 atom stereocenters. The predicted molar refractivity (Wildman–Crippen MR) is 237 cm³/mol. The van der Waals surface area contributed by atoms with Crippen LogP contribution >= 0.6 is 0 Å². The lowest BCUT2D eigenvalue weighted by Gasteiger charge is -2.47. The Bertz CT molecular complexity index is 2180. The quantitative estimate of drug-likeness (QED) is 0.121. The number of allylic oxidation sites excluding steroid dienone is 8. The minimum Gasteiger partial charge on any atom is -0.310 e. The topological polar surface area (TPSA) is 31.2 Å². The largest absolute Gasteiger partial charge is 0.310 e. The zero-order valence-electron chi connectivity index (χ0n) is 33.7. The summed E-state index contributed by atoms with van der Waals surface area (Å²) in [5.41, 5.74) is 14.6. The summed E-state index contributed by atoms with van der Waals surface area (Å²) in [5.74, 6) is 0. The van der Waals surface area contributed by atoms with Gasteiger partial charge < -0.3 is 9.80 Å². The van der Waals surface area contributed by atoms with Crippen molar-refractivity contribution in [2.24, 2.45) is 9.98 Å². The molecule has 0 fully saturated rings. The summed E-state index contributed by atoms with van der Waals surface area (Å²) in [6.45, 7) is 27.9. The van der Waals surface area contributed by atoms with Gasteiger partial charge in [0.15, 0.2) is 0 Å². The maximum absolute atomic E-state index is 4.70. The number of hydrogen-bond donors (Lipinski definition) is 0. The first-order valence-electron chi connectivity index (χ1n) is 19.1. The Balaban J connectivity index is 0.00000276. The van der Waals surface area contributed by atoms with E-state index < -0.39 is 0 Å². The van der Waals surface area contributed by atoms with E-state index in [2.05, 4.69) is 166 Å². The fourth-order valence-electron chi connectivity index (χ4n) is 7.73. The lowest BCUT2D eigenvalue weighted by Crippen LogP contribution is -2.35. The van der Waals surface area contributed by atoms with Crippen LogP contribution in [-0.4, -0.2) is 12.9 Å². The molecule has 0 N–H and O–H groups in total. The van der Waals surface area contributed by atoms with Crippen molar-refractivity contribution in [2.45, 2.75) is 79.7 Å². The van der Waals surface area contributed by atoms with Crippen molar-refractivity contribution < 1.29 is 0 Å². The maximum Gasteiger partial charge on any atom is 0.0706 e. The first kappa shape index (κ1) is 39.5. The van der Waals surface area contributed by atoms with Gasteiger partial charge in [0.25, 0.3) is 0 Å². The van der Waals surface area contributed by atoms with E-state index in [9.17, 15) is 0 Å². The SMILES string of the molecule is C=C/C=C(\C=C/C)N1c2ccccc2C(C)(C)c2cc3c(cc21)C(C)(C)c1ccccc1N3c1ccc(CN=C/C=C(N=C)/C(/C=C\C)=C/C)cc1.CC. The number of fused-ring (bicyclic) bond motifs is 4. The molecule has 4 nitrogen and oxygen atoms in total. The molecular weight excluding hydrogens is 657 g/mol. The van der Waals surface area contributed by atoms with Crippen molar-refractivity contribution in [3.63, 3.8) is 0 Å². The molecule has 0 spiro atoms. The molecule has 2 aliphatic rings. The number of para-hydroxylation sites is 2. The van der Waals surface area contributed by atoms with Crippen LogP contribution in [0, 0.1) is 0 Å². The summed E-state index contributed by atoms with van der Waals surface area (Å²) in [6, 6.07) is 31.4. The number of hydrogen-bond acceptors (Lipinski definition) is 4. The van der Waals surface area contributed by atoms with Gasteiger partial charge in [-0.25, -0.2) is 0 Å². The molecule has 6 rings (SSSR count). The summed E-state index contributed by atoms with van der Waals surface area (Å²) in [6.07, 6.45) is 18.0. The Morgan fingerprint density at radius 3 is 1.85 bits per heavy atom. The van der Waals surface area contributed by atoms with Crippen LogP contribution in [0.25, 0.3) is 0 Å². The summed E-state index contributed by atoms with van der Waals surface area (Å²) in [5, 5.41) is 0. The Morgan fingerprint density at radius 1 is 0.685 bits per heavy atom. The zero-order chi connectivity index (χ0) is 39.0. The molecular formula is C50H56N4. The molecule has 0 aliphatic carbocycles. The molecule has 0 aromatic heterocycles.